The molecule has 1 saturated carbocycles. The first kappa shape index (κ1) is 15.8. The molecule has 7 heteroatoms. The van der Waals surface area contributed by atoms with Gasteiger partial charge in [0, 0.05) is 13.1 Å². The second-order valence-electron chi connectivity index (χ2n) is 5.31. The summed E-state index contributed by atoms with van der Waals surface area (Å²) in [5.74, 6) is -1.71. The van der Waals surface area contributed by atoms with Gasteiger partial charge >= 0.3 is 12.1 Å². The lowest BCUT2D eigenvalue weighted by molar-refractivity contribution is -0.139. The van der Waals surface area contributed by atoms with Crippen LogP contribution >= 0.6 is 0 Å². The molecule has 21 heavy (non-hydrogen) atoms. The van der Waals surface area contributed by atoms with E-state index in [4.69, 9.17) is 5.11 Å². The molecule has 1 fully saturated rings. The minimum absolute atomic E-state index is 0.106. The lowest BCUT2D eigenvalue weighted by Crippen LogP contribution is -2.32. The number of nitrogens with zero attached hydrogens (tertiary/aromatic N) is 1. The Kier molecular flexibility index (Phi) is 4.51. The number of aliphatic carboxylic acids is 1. The molecule has 0 aromatic heterocycles. The van der Waals surface area contributed by atoms with Gasteiger partial charge in [0.1, 0.15) is 5.82 Å². The molecule has 0 amide bonds. The van der Waals surface area contributed by atoms with Crippen LogP contribution in [-0.4, -0.2) is 29.1 Å². The van der Waals surface area contributed by atoms with Crippen molar-refractivity contribution in [2.75, 3.05) is 13.1 Å². The van der Waals surface area contributed by atoms with Crippen LogP contribution < -0.4 is 0 Å². The van der Waals surface area contributed by atoms with Crippen LogP contribution in [0.15, 0.2) is 18.2 Å². The minimum Gasteiger partial charge on any atom is -0.480 e. The number of hydrogen-bond donors (Lipinski definition) is 1. The van der Waals surface area contributed by atoms with E-state index < -0.39 is 23.5 Å². The molecule has 0 atom stereocenters. The largest absolute Gasteiger partial charge is 0.480 e. The number of carbonyl (C=O) groups is 1. The maximum absolute atomic E-state index is 13.0. The van der Waals surface area contributed by atoms with Gasteiger partial charge in [0.2, 0.25) is 0 Å². The maximum atomic E-state index is 13.0. The topological polar surface area (TPSA) is 40.5 Å². The van der Waals surface area contributed by atoms with Crippen molar-refractivity contribution in [3.05, 3.63) is 35.1 Å². The Hall–Kier alpha value is -1.63. The van der Waals surface area contributed by atoms with Crippen molar-refractivity contribution in [1.29, 1.82) is 0 Å². The van der Waals surface area contributed by atoms with Crippen molar-refractivity contribution < 1.29 is 27.5 Å². The summed E-state index contributed by atoms with van der Waals surface area (Å²) in [6, 6.07) is 2.48. The summed E-state index contributed by atoms with van der Waals surface area (Å²) in [6.45, 7) is -0.0376. The SMILES string of the molecule is O=C(O)CN(Cc1ccc(F)cc1C(F)(F)F)CC1CC1. The van der Waals surface area contributed by atoms with Crippen LogP contribution in [0.25, 0.3) is 0 Å². The van der Waals surface area contributed by atoms with Crippen molar-refractivity contribution in [2.24, 2.45) is 5.92 Å². The van der Waals surface area contributed by atoms with Crippen molar-refractivity contribution in [2.45, 2.75) is 25.6 Å². The summed E-state index contributed by atoms with van der Waals surface area (Å²) in [5.41, 5.74) is -1.15. The van der Waals surface area contributed by atoms with Gasteiger partial charge in [-0.3, -0.25) is 9.69 Å². The number of carboxylic acids is 1. The molecule has 0 spiro atoms. The highest BCUT2D eigenvalue weighted by Crippen LogP contribution is 2.34. The molecule has 2 rings (SSSR count). The Bertz CT molecular complexity index is 526. The summed E-state index contributed by atoms with van der Waals surface area (Å²) < 4.78 is 51.8. The Morgan fingerprint density at radius 2 is 2.00 bits per heavy atom. The monoisotopic (exact) mass is 305 g/mol. The summed E-state index contributed by atoms with van der Waals surface area (Å²) in [6.07, 6.45) is -2.73. The maximum Gasteiger partial charge on any atom is 0.416 e. The predicted molar refractivity (Wildman–Crippen MR) is 67.0 cm³/mol. The molecule has 1 aromatic carbocycles. The first-order chi connectivity index (χ1) is 9.75. The van der Waals surface area contributed by atoms with Crippen LogP contribution in [0.2, 0.25) is 0 Å². The van der Waals surface area contributed by atoms with E-state index in [9.17, 15) is 22.4 Å². The lowest BCUT2D eigenvalue weighted by Gasteiger charge is -2.22. The molecule has 0 heterocycles. The summed E-state index contributed by atoms with van der Waals surface area (Å²) in [4.78, 5) is 12.3. The number of halogens is 4. The van der Waals surface area contributed by atoms with Gasteiger partial charge in [0.25, 0.3) is 0 Å². The van der Waals surface area contributed by atoms with E-state index in [0.717, 1.165) is 25.0 Å². The molecule has 1 aliphatic rings. The van der Waals surface area contributed by atoms with Gasteiger partial charge in [-0.2, -0.15) is 13.2 Å². The van der Waals surface area contributed by atoms with Crippen molar-refractivity contribution >= 4 is 5.97 Å². The molecule has 116 valence electrons. The molecule has 3 nitrogen and oxygen atoms in total. The third-order valence-corrected chi connectivity index (χ3v) is 3.34. The minimum atomic E-state index is -4.66. The fourth-order valence-electron chi connectivity index (χ4n) is 2.23. The second kappa shape index (κ2) is 6.01. The van der Waals surface area contributed by atoms with E-state index in [1.54, 1.807) is 0 Å². The Balaban J connectivity index is 2.20. The third kappa shape index (κ3) is 4.70. The number of alkyl halides is 3. The Morgan fingerprint density at radius 3 is 2.52 bits per heavy atom. The van der Waals surface area contributed by atoms with Crippen LogP contribution in [0.5, 0.6) is 0 Å². The zero-order valence-electron chi connectivity index (χ0n) is 11.2. The van der Waals surface area contributed by atoms with Crippen LogP contribution in [0, 0.1) is 11.7 Å². The second-order valence-corrected chi connectivity index (χ2v) is 5.31. The smallest absolute Gasteiger partial charge is 0.416 e. The fourth-order valence-corrected chi connectivity index (χ4v) is 2.23. The van der Waals surface area contributed by atoms with Gasteiger partial charge < -0.3 is 5.11 Å². The number of rotatable bonds is 6. The van der Waals surface area contributed by atoms with Gasteiger partial charge in [0.15, 0.2) is 0 Å². The number of benzene rings is 1. The van der Waals surface area contributed by atoms with Crippen molar-refractivity contribution in [1.82, 2.24) is 4.90 Å². The molecular weight excluding hydrogens is 290 g/mol. The molecule has 0 bridgehead atoms. The van der Waals surface area contributed by atoms with Crippen molar-refractivity contribution in [3.63, 3.8) is 0 Å². The van der Waals surface area contributed by atoms with Gasteiger partial charge in [-0.25, -0.2) is 4.39 Å². The first-order valence-corrected chi connectivity index (χ1v) is 6.55. The first-order valence-electron chi connectivity index (χ1n) is 6.55. The van der Waals surface area contributed by atoms with E-state index in [1.807, 2.05) is 0 Å². The molecule has 0 unspecified atom stereocenters. The van der Waals surface area contributed by atoms with E-state index in [-0.39, 0.29) is 18.7 Å². The van der Waals surface area contributed by atoms with E-state index in [0.29, 0.717) is 18.5 Å². The molecule has 1 aromatic rings. The average Bonchev–Trinajstić information content (AvgIpc) is 3.13. The van der Waals surface area contributed by atoms with E-state index >= 15 is 0 Å². The quantitative estimate of drug-likeness (QED) is 0.821. The standard InChI is InChI=1S/C14H15F4NO2/c15-11-4-3-10(12(5-11)14(16,17)18)7-19(8-13(20)21)6-9-1-2-9/h3-5,9H,1-2,6-8H2,(H,20,21). The van der Waals surface area contributed by atoms with Crippen LogP contribution in [0.4, 0.5) is 17.6 Å². The van der Waals surface area contributed by atoms with Gasteiger partial charge in [-0.15, -0.1) is 0 Å². The highest BCUT2D eigenvalue weighted by Gasteiger charge is 2.34. The zero-order chi connectivity index (χ0) is 15.6. The fraction of sp³-hybridized carbons (Fsp3) is 0.500. The summed E-state index contributed by atoms with van der Waals surface area (Å²) in [7, 11) is 0. The summed E-state index contributed by atoms with van der Waals surface area (Å²) in [5, 5.41) is 8.84. The lowest BCUT2D eigenvalue weighted by atomic mass is 10.1. The average molecular weight is 305 g/mol. The molecule has 1 aliphatic carbocycles. The Morgan fingerprint density at radius 1 is 1.33 bits per heavy atom. The zero-order valence-corrected chi connectivity index (χ0v) is 11.2. The highest BCUT2D eigenvalue weighted by atomic mass is 19.4. The summed E-state index contributed by atoms with van der Waals surface area (Å²) >= 11 is 0. The third-order valence-electron chi connectivity index (χ3n) is 3.34. The van der Waals surface area contributed by atoms with Crippen LogP contribution in [-0.2, 0) is 17.5 Å². The van der Waals surface area contributed by atoms with Gasteiger partial charge in [0.05, 0.1) is 12.1 Å². The van der Waals surface area contributed by atoms with Gasteiger partial charge in [-0.05, 0) is 36.5 Å². The molecular formula is C14H15F4NO2. The van der Waals surface area contributed by atoms with Gasteiger partial charge in [-0.1, -0.05) is 6.07 Å². The van der Waals surface area contributed by atoms with E-state index in [2.05, 4.69) is 0 Å². The molecule has 0 radical (unpaired) electrons. The molecule has 0 saturated heterocycles. The van der Waals surface area contributed by atoms with Crippen LogP contribution in [0.3, 0.4) is 0 Å². The Labute approximate surface area is 119 Å². The van der Waals surface area contributed by atoms with Crippen LogP contribution in [0.1, 0.15) is 24.0 Å². The predicted octanol–water partition coefficient (Wildman–Crippen LogP) is 3.14. The molecule has 1 N–H and O–H groups in total. The normalized spacial score (nSPS) is 15.5. The number of carboxylic acid groups (broad SMARTS) is 1. The number of hydrogen-bond acceptors (Lipinski definition) is 2. The van der Waals surface area contributed by atoms with E-state index in [1.165, 1.54) is 4.90 Å². The molecule has 0 aliphatic heterocycles. The highest BCUT2D eigenvalue weighted by molar-refractivity contribution is 5.69. The van der Waals surface area contributed by atoms with Crippen molar-refractivity contribution in [3.8, 4) is 0 Å².